The first-order valence-electron chi connectivity index (χ1n) is 5.44. The van der Waals surface area contributed by atoms with Crippen LogP contribution in [0.3, 0.4) is 0 Å². The van der Waals surface area contributed by atoms with Crippen molar-refractivity contribution in [3.05, 3.63) is 35.9 Å². The van der Waals surface area contributed by atoms with Crippen molar-refractivity contribution in [2.24, 2.45) is 0 Å². The second-order valence-electron chi connectivity index (χ2n) is 3.94. The molecule has 0 spiro atoms. The van der Waals surface area contributed by atoms with Gasteiger partial charge in [-0.25, -0.2) is 9.18 Å². The zero-order valence-corrected chi connectivity index (χ0v) is 11.1. The minimum absolute atomic E-state index is 0.0496. The highest BCUT2D eigenvalue weighted by molar-refractivity contribution is 7.88. The van der Waals surface area contributed by atoms with Gasteiger partial charge in [0, 0.05) is 6.42 Å². The average molecular weight is 330 g/mol. The minimum atomic E-state index is -6.38. The Hall–Kier alpha value is -1.68. The van der Waals surface area contributed by atoms with E-state index in [0.29, 0.717) is 5.56 Å². The molecule has 0 aliphatic rings. The SMILES string of the molecule is O=C(OCCc1ccccc1)C(F)(C(F)(F)F)S(=O)(=O)O. The predicted molar refractivity (Wildman–Crippen MR) is 62.5 cm³/mol. The van der Waals surface area contributed by atoms with Crippen LogP contribution in [-0.4, -0.2) is 36.7 Å². The van der Waals surface area contributed by atoms with Crippen LogP contribution in [0.5, 0.6) is 0 Å². The Labute approximate surface area is 117 Å². The van der Waals surface area contributed by atoms with E-state index in [1.54, 1.807) is 30.3 Å². The van der Waals surface area contributed by atoms with Crippen molar-refractivity contribution in [1.29, 1.82) is 0 Å². The molecule has 1 aromatic carbocycles. The van der Waals surface area contributed by atoms with Crippen LogP contribution in [0, 0.1) is 0 Å². The molecule has 0 saturated carbocycles. The van der Waals surface area contributed by atoms with Crippen molar-refractivity contribution in [2.45, 2.75) is 17.6 Å². The van der Waals surface area contributed by atoms with Crippen molar-refractivity contribution < 1.29 is 40.1 Å². The van der Waals surface area contributed by atoms with Crippen molar-refractivity contribution in [3.8, 4) is 0 Å². The van der Waals surface area contributed by atoms with Crippen LogP contribution in [0.2, 0.25) is 0 Å². The van der Waals surface area contributed by atoms with Gasteiger partial charge in [0.15, 0.2) is 0 Å². The van der Waals surface area contributed by atoms with E-state index in [9.17, 15) is 30.8 Å². The molecule has 1 N–H and O–H groups in total. The first-order valence-corrected chi connectivity index (χ1v) is 6.88. The van der Waals surface area contributed by atoms with E-state index in [0.717, 1.165) is 0 Å². The Kier molecular flexibility index (Phi) is 4.95. The zero-order chi connectivity index (χ0) is 16.3. The molecule has 0 aromatic heterocycles. The molecule has 1 aromatic rings. The molecule has 0 radical (unpaired) electrons. The standard InChI is InChI=1S/C11H10F4O5S/c12-10(11(13,14)15,21(17,18)19)9(16)20-7-6-8-4-2-1-3-5-8/h1-5H,6-7H2,(H,17,18,19). The normalized spacial score (nSPS) is 15.3. The lowest BCUT2D eigenvalue weighted by atomic mass is 10.2. The fourth-order valence-corrected chi connectivity index (χ4v) is 1.93. The lowest BCUT2D eigenvalue weighted by Crippen LogP contribution is -2.55. The highest BCUT2D eigenvalue weighted by atomic mass is 32.2. The average Bonchev–Trinajstić information content (AvgIpc) is 2.36. The summed E-state index contributed by atoms with van der Waals surface area (Å²) in [6, 6.07) is 8.05. The predicted octanol–water partition coefficient (Wildman–Crippen LogP) is 1.89. The van der Waals surface area contributed by atoms with Gasteiger partial charge in [0.1, 0.15) is 0 Å². The number of hydrogen-bond donors (Lipinski definition) is 1. The van der Waals surface area contributed by atoms with E-state index in [2.05, 4.69) is 4.74 Å². The Morgan fingerprint density at radius 1 is 1.14 bits per heavy atom. The van der Waals surface area contributed by atoms with Crippen LogP contribution in [0.25, 0.3) is 0 Å². The second kappa shape index (κ2) is 5.98. The largest absolute Gasteiger partial charge is 0.462 e. The molecule has 0 fully saturated rings. The van der Waals surface area contributed by atoms with Crippen molar-refractivity contribution in [1.82, 2.24) is 0 Å². The summed E-state index contributed by atoms with van der Waals surface area (Å²) in [5.41, 5.74) is 0.577. The number of alkyl halides is 4. The Morgan fingerprint density at radius 2 is 1.67 bits per heavy atom. The third-order valence-corrected chi connectivity index (χ3v) is 3.56. The molecule has 0 bridgehead atoms. The molecule has 21 heavy (non-hydrogen) atoms. The molecule has 1 unspecified atom stereocenters. The number of esters is 1. The van der Waals surface area contributed by atoms with Crippen LogP contribution in [0.4, 0.5) is 17.6 Å². The summed E-state index contributed by atoms with van der Waals surface area (Å²) in [5, 5.41) is -5.50. The first kappa shape index (κ1) is 17.4. The summed E-state index contributed by atoms with van der Waals surface area (Å²) < 4.78 is 84.0. The van der Waals surface area contributed by atoms with Gasteiger partial charge in [0.2, 0.25) is 0 Å². The summed E-state index contributed by atoms with van der Waals surface area (Å²) >= 11 is 0. The van der Waals surface area contributed by atoms with E-state index >= 15 is 0 Å². The van der Waals surface area contributed by atoms with E-state index < -0.39 is 33.9 Å². The molecule has 118 valence electrons. The third kappa shape index (κ3) is 3.70. The number of carbonyl (C=O) groups is 1. The van der Waals surface area contributed by atoms with Gasteiger partial charge in [0.25, 0.3) is 0 Å². The van der Waals surface area contributed by atoms with E-state index in [1.807, 2.05) is 0 Å². The van der Waals surface area contributed by atoms with Crippen LogP contribution >= 0.6 is 0 Å². The number of carbonyl (C=O) groups excluding carboxylic acids is 1. The van der Waals surface area contributed by atoms with Crippen LogP contribution in [0.1, 0.15) is 5.56 Å². The molecular weight excluding hydrogens is 320 g/mol. The Bertz CT molecular complexity index is 599. The summed E-state index contributed by atoms with van der Waals surface area (Å²) in [4.78, 5) is 11.1. The smallest absolute Gasteiger partial charge is 0.451 e. The molecule has 5 nitrogen and oxygen atoms in total. The summed E-state index contributed by atoms with van der Waals surface area (Å²) in [5.74, 6) is -2.73. The highest BCUT2D eigenvalue weighted by Gasteiger charge is 2.72. The summed E-state index contributed by atoms with van der Waals surface area (Å²) in [6.07, 6.45) is -6.21. The van der Waals surface area contributed by atoms with Gasteiger partial charge in [-0.05, 0) is 5.56 Å². The molecule has 1 rings (SSSR count). The maximum atomic E-state index is 13.5. The fraction of sp³-hybridized carbons (Fsp3) is 0.364. The maximum Gasteiger partial charge on any atom is 0.451 e. The molecular formula is C11H10F4O5S. The Morgan fingerprint density at radius 3 is 2.10 bits per heavy atom. The number of hydrogen-bond acceptors (Lipinski definition) is 4. The lowest BCUT2D eigenvalue weighted by molar-refractivity contribution is -0.215. The van der Waals surface area contributed by atoms with Gasteiger partial charge in [-0.15, -0.1) is 0 Å². The maximum absolute atomic E-state index is 13.5. The van der Waals surface area contributed by atoms with Gasteiger partial charge in [0.05, 0.1) is 6.61 Å². The number of halogens is 4. The summed E-state index contributed by atoms with van der Waals surface area (Å²) in [7, 11) is -6.38. The quantitative estimate of drug-likeness (QED) is 0.506. The number of benzene rings is 1. The van der Waals surface area contributed by atoms with Gasteiger partial charge in [-0.3, -0.25) is 4.55 Å². The molecule has 10 heteroatoms. The molecule has 0 saturated heterocycles. The number of ether oxygens (including phenoxy) is 1. The first-order chi connectivity index (χ1) is 9.50. The van der Waals surface area contributed by atoms with Gasteiger partial charge in [-0.1, -0.05) is 30.3 Å². The van der Waals surface area contributed by atoms with Gasteiger partial charge >= 0.3 is 27.3 Å². The van der Waals surface area contributed by atoms with E-state index in [4.69, 9.17) is 4.55 Å². The molecule has 0 aliphatic carbocycles. The molecule has 0 heterocycles. The molecule has 1 atom stereocenters. The topological polar surface area (TPSA) is 80.7 Å². The monoisotopic (exact) mass is 330 g/mol. The van der Waals surface area contributed by atoms with Gasteiger partial charge in [-0.2, -0.15) is 21.6 Å². The van der Waals surface area contributed by atoms with Crippen molar-refractivity contribution in [2.75, 3.05) is 6.61 Å². The van der Waals surface area contributed by atoms with E-state index in [-0.39, 0.29) is 6.42 Å². The zero-order valence-electron chi connectivity index (χ0n) is 10.3. The van der Waals surface area contributed by atoms with Crippen LogP contribution in [0.15, 0.2) is 30.3 Å². The summed E-state index contributed by atoms with van der Waals surface area (Å²) in [6.45, 7) is -0.680. The third-order valence-electron chi connectivity index (χ3n) is 2.45. The van der Waals surface area contributed by atoms with Crippen molar-refractivity contribution >= 4 is 16.1 Å². The fourth-order valence-electron chi connectivity index (χ4n) is 1.37. The van der Waals surface area contributed by atoms with Crippen LogP contribution < -0.4 is 0 Å². The molecule has 0 aliphatic heterocycles. The van der Waals surface area contributed by atoms with Crippen LogP contribution in [-0.2, 0) is 26.1 Å². The highest BCUT2D eigenvalue weighted by Crippen LogP contribution is 2.39. The number of rotatable bonds is 5. The van der Waals surface area contributed by atoms with E-state index in [1.165, 1.54) is 0 Å². The Balaban J connectivity index is 2.81. The minimum Gasteiger partial charge on any atom is -0.462 e. The molecule has 0 amide bonds. The van der Waals surface area contributed by atoms with Gasteiger partial charge < -0.3 is 4.74 Å². The van der Waals surface area contributed by atoms with Crippen molar-refractivity contribution in [3.63, 3.8) is 0 Å². The lowest BCUT2D eigenvalue weighted by Gasteiger charge is -2.22. The second-order valence-corrected chi connectivity index (χ2v) is 5.45.